The van der Waals surface area contributed by atoms with Crippen molar-refractivity contribution in [3.8, 4) is 0 Å². The fraction of sp³-hybridized carbons (Fsp3) is 0.500. The second-order valence-corrected chi connectivity index (χ2v) is 6.98. The Labute approximate surface area is 117 Å². The minimum atomic E-state index is -3.50. The predicted octanol–water partition coefficient (Wildman–Crippen LogP) is 0.291. The van der Waals surface area contributed by atoms with Gasteiger partial charge in [0.1, 0.15) is 10.7 Å². The molecule has 110 valence electrons. The van der Waals surface area contributed by atoms with E-state index < -0.39 is 21.4 Å². The highest BCUT2D eigenvalue weighted by Gasteiger charge is 2.40. The van der Waals surface area contributed by atoms with Crippen LogP contribution in [0.2, 0.25) is 0 Å². The van der Waals surface area contributed by atoms with Gasteiger partial charge in [-0.3, -0.25) is 4.79 Å². The van der Waals surface area contributed by atoms with E-state index >= 15 is 0 Å². The van der Waals surface area contributed by atoms with Gasteiger partial charge in [-0.15, -0.1) is 0 Å². The number of nitrogens with zero attached hydrogens (tertiary/aromatic N) is 2. The third-order valence-corrected chi connectivity index (χ3v) is 5.01. The second-order valence-electron chi connectivity index (χ2n) is 5.10. The molecule has 0 spiro atoms. The first-order valence-electron chi connectivity index (χ1n) is 6.16. The minimum absolute atomic E-state index is 0.0870. The van der Waals surface area contributed by atoms with Crippen LogP contribution in [0.4, 0.5) is 5.82 Å². The van der Waals surface area contributed by atoms with E-state index in [1.165, 1.54) is 19.3 Å². The van der Waals surface area contributed by atoms with E-state index in [1.807, 2.05) is 4.90 Å². The lowest BCUT2D eigenvalue weighted by Crippen LogP contribution is -2.32. The Morgan fingerprint density at radius 1 is 1.50 bits per heavy atom. The number of carbonyl (C=O) groups is 1. The maximum atomic E-state index is 11.6. The molecule has 2 rings (SSSR count). The van der Waals surface area contributed by atoms with E-state index in [-0.39, 0.29) is 4.90 Å². The molecule has 0 bridgehead atoms. The number of carboxylic acids is 1. The molecule has 8 heteroatoms. The molecule has 0 saturated carbocycles. The maximum Gasteiger partial charge on any atom is 0.311 e. The summed E-state index contributed by atoms with van der Waals surface area (Å²) in [6, 6.07) is 3.06. The first-order chi connectivity index (χ1) is 9.28. The van der Waals surface area contributed by atoms with Crippen LogP contribution in [0.3, 0.4) is 0 Å². The molecule has 1 saturated heterocycles. The van der Waals surface area contributed by atoms with E-state index in [9.17, 15) is 18.3 Å². The zero-order valence-corrected chi connectivity index (χ0v) is 12.1. The van der Waals surface area contributed by atoms with Gasteiger partial charge in [-0.25, -0.2) is 18.1 Å². The molecule has 1 aromatic heterocycles. The van der Waals surface area contributed by atoms with E-state index in [2.05, 4.69) is 9.71 Å². The summed E-state index contributed by atoms with van der Waals surface area (Å²) in [6.45, 7) is 2.66. The van der Waals surface area contributed by atoms with Gasteiger partial charge in [0, 0.05) is 19.3 Å². The number of hydrogen-bond donors (Lipinski definition) is 2. The summed E-state index contributed by atoms with van der Waals surface area (Å²) in [7, 11) is -2.16. The Morgan fingerprint density at radius 3 is 2.65 bits per heavy atom. The standard InChI is InChI=1S/C12H17N3O4S/c1-12(11(16)17)5-6-15(8-12)10-4-3-9(7-14-10)20(18,19)13-2/h3-4,7,13H,5-6,8H2,1-2H3,(H,16,17). The van der Waals surface area contributed by atoms with Crippen molar-refractivity contribution in [2.45, 2.75) is 18.2 Å². The van der Waals surface area contributed by atoms with Gasteiger partial charge in [0.2, 0.25) is 10.0 Å². The summed E-state index contributed by atoms with van der Waals surface area (Å²) in [4.78, 5) is 17.2. The van der Waals surface area contributed by atoms with Gasteiger partial charge in [0.05, 0.1) is 5.41 Å². The highest BCUT2D eigenvalue weighted by Crippen LogP contribution is 2.32. The summed E-state index contributed by atoms with van der Waals surface area (Å²) < 4.78 is 25.4. The molecule has 2 N–H and O–H groups in total. The van der Waals surface area contributed by atoms with Gasteiger partial charge in [-0.05, 0) is 32.5 Å². The largest absolute Gasteiger partial charge is 0.481 e. The fourth-order valence-corrected chi connectivity index (χ4v) is 2.84. The Morgan fingerprint density at radius 2 is 2.20 bits per heavy atom. The van der Waals surface area contributed by atoms with Crippen molar-refractivity contribution < 1.29 is 18.3 Å². The van der Waals surface area contributed by atoms with Crippen LogP contribution < -0.4 is 9.62 Å². The molecule has 1 atom stereocenters. The Bertz CT molecular complexity index is 614. The third kappa shape index (κ3) is 2.61. The Hall–Kier alpha value is -1.67. The summed E-state index contributed by atoms with van der Waals surface area (Å²) in [5.74, 6) is -0.237. The maximum absolute atomic E-state index is 11.6. The number of hydrogen-bond acceptors (Lipinski definition) is 5. The number of carboxylic acid groups (broad SMARTS) is 1. The van der Waals surface area contributed by atoms with Gasteiger partial charge in [-0.1, -0.05) is 0 Å². The van der Waals surface area contributed by atoms with Crippen LogP contribution in [0.15, 0.2) is 23.2 Å². The van der Waals surface area contributed by atoms with Gasteiger partial charge in [0.25, 0.3) is 0 Å². The zero-order chi connectivity index (χ0) is 15.0. The van der Waals surface area contributed by atoms with Gasteiger partial charge in [-0.2, -0.15) is 0 Å². The molecule has 0 aliphatic carbocycles. The quantitative estimate of drug-likeness (QED) is 0.829. The highest BCUT2D eigenvalue weighted by atomic mass is 32.2. The number of aromatic nitrogens is 1. The number of aliphatic carboxylic acids is 1. The van der Waals surface area contributed by atoms with Crippen LogP contribution in [-0.4, -0.2) is 44.6 Å². The molecule has 1 aliphatic rings. The number of pyridine rings is 1. The van der Waals surface area contributed by atoms with Crippen molar-refractivity contribution in [1.82, 2.24) is 9.71 Å². The van der Waals surface area contributed by atoms with Gasteiger partial charge < -0.3 is 10.0 Å². The molecule has 0 radical (unpaired) electrons. The Balaban J connectivity index is 2.19. The molecule has 1 fully saturated rings. The predicted molar refractivity (Wildman–Crippen MR) is 73.1 cm³/mol. The third-order valence-electron chi connectivity index (χ3n) is 3.61. The van der Waals surface area contributed by atoms with E-state index in [0.717, 1.165) is 0 Å². The molecule has 1 aliphatic heterocycles. The first kappa shape index (κ1) is 14.7. The molecule has 0 aromatic carbocycles. The lowest BCUT2D eigenvalue weighted by Gasteiger charge is -2.20. The smallest absolute Gasteiger partial charge is 0.311 e. The molecule has 1 unspecified atom stereocenters. The molecular weight excluding hydrogens is 282 g/mol. The van der Waals surface area contributed by atoms with Crippen LogP contribution in [-0.2, 0) is 14.8 Å². The first-order valence-corrected chi connectivity index (χ1v) is 7.65. The van der Waals surface area contributed by atoms with Crippen LogP contribution in [0, 0.1) is 5.41 Å². The van der Waals surface area contributed by atoms with Gasteiger partial charge >= 0.3 is 5.97 Å². The second kappa shape index (κ2) is 5.02. The van der Waals surface area contributed by atoms with Crippen LogP contribution in [0.1, 0.15) is 13.3 Å². The van der Waals surface area contributed by atoms with Crippen molar-refractivity contribution in [1.29, 1.82) is 0 Å². The molecular formula is C12H17N3O4S. The summed E-state index contributed by atoms with van der Waals surface area (Å²) in [6.07, 6.45) is 1.82. The van der Waals surface area contributed by atoms with Crippen molar-refractivity contribution in [3.63, 3.8) is 0 Å². The topological polar surface area (TPSA) is 99.6 Å². The fourth-order valence-electron chi connectivity index (χ4n) is 2.17. The lowest BCUT2D eigenvalue weighted by atomic mass is 9.90. The summed E-state index contributed by atoms with van der Waals surface area (Å²) in [5, 5.41) is 9.19. The Kier molecular flexibility index (Phi) is 3.70. The molecule has 1 aromatic rings. The van der Waals surface area contributed by atoms with E-state index in [0.29, 0.717) is 25.3 Å². The number of sulfonamides is 1. The van der Waals surface area contributed by atoms with Crippen LogP contribution >= 0.6 is 0 Å². The molecule has 0 amide bonds. The van der Waals surface area contributed by atoms with Gasteiger partial charge in [0.15, 0.2) is 0 Å². The van der Waals surface area contributed by atoms with Crippen molar-refractivity contribution in [2.75, 3.05) is 25.0 Å². The number of rotatable bonds is 4. The highest BCUT2D eigenvalue weighted by molar-refractivity contribution is 7.89. The summed E-state index contributed by atoms with van der Waals surface area (Å²) in [5.41, 5.74) is -0.780. The SMILES string of the molecule is CNS(=O)(=O)c1ccc(N2CCC(C)(C(=O)O)C2)nc1. The number of anilines is 1. The summed E-state index contributed by atoms with van der Waals surface area (Å²) >= 11 is 0. The molecule has 7 nitrogen and oxygen atoms in total. The molecule has 2 heterocycles. The number of nitrogens with one attached hydrogen (secondary N) is 1. The monoisotopic (exact) mass is 299 g/mol. The lowest BCUT2D eigenvalue weighted by molar-refractivity contribution is -0.146. The van der Waals surface area contributed by atoms with E-state index in [4.69, 9.17) is 0 Å². The van der Waals surface area contributed by atoms with E-state index in [1.54, 1.807) is 13.0 Å². The molecule has 20 heavy (non-hydrogen) atoms. The van der Waals surface area contributed by atoms with Crippen LogP contribution in [0.5, 0.6) is 0 Å². The minimum Gasteiger partial charge on any atom is -0.481 e. The van der Waals surface area contributed by atoms with Crippen molar-refractivity contribution >= 4 is 21.8 Å². The van der Waals surface area contributed by atoms with Crippen molar-refractivity contribution in [2.24, 2.45) is 5.41 Å². The average Bonchev–Trinajstić information content (AvgIpc) is 2.83. The average molecular weight is 299 g/mol. The van der Waals surface area contributed by atoms with Crippen molar-refractivity contribution in [3.05, 3.63) is 18.3 Å². The zero-order valence-electron chi connectivity index (χ0n) is 11.3. The van der Waals surface area contributed by atoms with Crippen LogP contribution in [0.25, 0.3) is 0 Å². The normalized spacial score (nSPS) is 23.0.